The molecule has 2 heterocycles. The van der Waals surface area contributed by atoms with Crippen LogP contribution in [0.1, 0.15) is 37.0 Å². The first-order valence-corrected chi connectivity index (χ1v) is 6.73. The lowest BCUT2D eigenvalue weighted by Crippen LogP contribution is -2.61. The Bertz CT molecular complexity index is 469. The molecule has 17 heavy (non-hydrogen) atoms. The fraction of sp³-hybridized carbons (Fsp3) is 0.636. The molecule has 2 rings (SSSR count). The number of fused-ring (bicyclic) bond motifs is 1. The van der Waals surface area contributed by atoms with Crippen molar-refractivity contribution in [3.63, 3.8) is 0 Å². The molecule has 1 unspecified atom stereocenters. The number of anilines is 1. The number of carbonyl (C=O) groups excluding carboxylic acids is 2. The van der Waals surface area contributed by atoms with E-state index >= 15 is 0 Å². The second-order valence-electron chi connectivity index (χ2n) is 3.93. The summed E-state index contributed by atoms with van der Waals surface area (Å²) in [7, 11) is 0. The van der Waals surface area contributed by atoms with E-state index in [0.717, 1.165) is 11.4 Å². The molecule has 0 fully saturated rings. The van der Waals surface area contributed by atoms with Gasteiger partial charge in [0.05, 0.1) is 6.54 Å². The fourth-order valence-electron chi connectivity index (χ4n) is 1.96. The van der Waals surface area contributed by atoms with Gasteiger partial charge in [0.1, 0.15) is 5.01 Å². The summed E-state index contributed by atoms with van der Waals surface area (Å²) >= 11 is 1.42. The van der Waals surface area contributed by atoms with Crippen LogP contribution < -0.4 is 9.58 Å². The highest BCUT2D eigenvalue weighted by Crippen LogP contribution is 2.26. The zero-order valence-electron chi connectivity index (χ0n) is 10.3. The van der Waals surface area contributed by atoms with Gasteiger partial charge in [0.2, 0.25) is 0 Å². The highest BCUT2D eigenvalue weighted by atomic mass is 32.1. The number of hydrogen-bond acceptors (Lipinski definition) is 4. The molecule has 0 spiro atoms. The largest absolute Gasteiger partial charge is 0.374 e. The molecule has 1 atom stereocenters. The van der Waals surface area contributed by atoms with Crippen LogP contribution in [0.25, 0.3) is 0 Å². The van der Waals surface area contributed by atoms with Crippen molar-refractivity contribution in [1.82, 2.24) is 5.10 Å². The Balaban J connectivity index is 2.53. The van der Waals surface area contributed by atoms with Gasteiger partial charge in [0.15, 0.2) is 5.92 Å². The van der Waals surface area contributed by atoms with E-state index in [1.165, 1.54) is 16.0 Å². The zero-order chi connectivity index (χ0) is 12.6. The molecule has 1 aromatic rings. The summed E-state index contributed by atoms with van der Waals surface area (Å²) < 4.78 is 1.41. The summed E-state index contributed by atoms with van der Waals surface area (Å²) in [5, 5.41) is 5.81. The topological polar surface area (TPSA) is 54.1 Å². The molecule has 0 saturated carbocycles. The number of aromatic nitrogens is 2. The Morgan fingerprint density at radius 2 is 2.06 bits per heavy atom. The maximum absolute atomic E-state index is 12.1. The summed E-state index contributed by atoms with van der Waals surface area (Å²) in [5.74, 6) is -0.848. The van der Waals surface area contributed by atoms with Gasteiger partial charge in [-0.2, -0.15) is 4.90 Å². The lowest BCUT2D eigenvalue weighted by atomic mass is 10.0. The van der Waals surface area contributed by atoms with Gasteiger partial charge in [-0.25, -0.2) is 9.59 Å². The Morgan fingerprint density at radius 1 is 1.35 bits per heavy atom. The number of aryl methyl sites for hydroxylation is 1. The molecular weight excluding hydrogens is 238 g/mol. The van der Waals surface area contributed by atoms with E-state index in [9.17, 15) is 9.59 Å². The van der Waals surface area contributed by atoms with Crippen LogP contribution in [0.3, 0.4) is 0 Å². The maximum Gasteiger partial charge on any atom is 0.374 e. The molecule has 5 nitrogen and oxygen atoms in total. The standard InChI is InChI=1S/C11H16N3O2S/c1-4-7-9(15)13(6-3)11-14(10(7)16)12-8(5-2)17-11/h7H,4-6H2,1-3H3/q+1. The van der Waals surface area contributed by atoms with Gasteiger partial charge >= 0.3 is 16.9 Å². The van der Waals surface area contributed by atoms with E-state index in [1.807, 2.05) is 20.8 Å². The van der Waals surface area contributed by atoms with Crippen LogP contribution in [0.5, 0.6) is 0 Å². The van der Waals surface area contributed by atoms with E-state index in [-0.39, 0.29) is 11.8 Å². The van der Waals surface area contributed by atoms with Gasteiger partial charge in [-0.05, 0) is 24.7 Å². The van der Waals surface area contributed by atoms with Crippen LogP contribution in [0.15, 0.2) is 0 Å². The van der Waals surface area contributed by atoms with Gasteiger partial charge in [0, 0.05) is 6.42 Å². The van der Waals surface area contributed by atoms with Crippen LogP contribution in [0.4, 0.5) is 5.13 Å². The Hall–Kier alpha value is -1.30. The van der Waals surface area contributed by atoms with Gasteiger partial charge in [-0.3, -0.25) is 0 Å². The molecule has 1 aliphatic rings. The fourth-order valence-corrected chi connectivity index (χ4v) is 2.98. The molecule has 0 aromatic carbocycles. The molecule has 0 aliphatic carbocycles. The Kier molecular flexibility index (Phi) is 3.24. The first-order chi connectivity index (χ1) is 8.13. The number of carbonyl (C=O) groups is 2. The average Bonchev–Trinajstić information content (AvgIpc) is 2.74. The monoisotopic (exact) mass is 254 g/mol. The van der Waals surface area contributed by atoms with Crippen LogP contribution in [0.2, 0.25) is 0 Å². The second-order valence-corrected chi connectivity index (χ2v) is 4.97. The Labute approximate surface area is 104 Å². The molecule has 6 heteroatoms. The highest BCUT2D eigenvalue weighted by Gasteiger charge is 2.47. The van der Waals surface area contributed by atoms with Gasteiger partial charge in [-0.1, -0.05) is 23.6 Å². The average molecular weight is 254 g/mol. The number of nitrogens with zero attached hydrogens (tertiary/aromatic N) is 3. The number of amides is 1. The zero-order valence-corrected chi connectivity index (χ0v) is 11.1. The molecule has 0 radical (unpaired) electrons. The van der Waals surface area contributed by atoms with Crippen molar-refractivity contribution < 1.29 is 14.3 Å². The van der Waals surface area contributed by atoms with Gasteiger partial charge in [0.25, 0.3) is 0 Å². The minimum absolute atomic E-state index is 0.0914. The predicted molar refractivity (Wildman–Crippen MR) is 64.1 cm³/mol. The van der Waals surface area contributed by atoms with Crippen LogP contribution >= 0.6 is 11.3 Å². The molecule has 0 N–H and O–H groups in total. The molecule has 0 saturated heterocycles. The molecular formula is C11H16N3O2S+. The van der Waals surface area contributed by atoms with Gasteiger partial charge < -0.3 is 0 Å². The first-order valence-electron chi connectivity index (χ1n) is 5.91. The van der Waals surface area contributed by atoms with Crippen molar-refractivity contribution in [2.75, 3.05) is 11.4 Å². The number of rotatable bonds is 3. The minimum Gasteiger partial charge on any atom is -0.246 e. The first kappa shape index (κ1) is 12.2. The van der Waals surface area contributed by atoms with E-state index < -0.39 is 5.92 Å². The summed E-state index contributed by atoms with van der Waals surface area (Å²) in [6, 6.07) is 0. The minimum atomic E-state index is -0.570. The third kappa shape index (κ3) is 1.76. The highest BCUT2D eigenvalue weighted by molar-refractivity contribution is 7.15. The van der Waals surface area contributed by atoms with Crippen molar-refractivity contribution in [3.05, 3.63) is 5.01 Å². The van der Waals surface area contributed by atoms with E-state index in [0.29, 0.717) is 18.1 Å². The van der Waals surface area contributed by atoms with E-state index in [4.69, 9.17) is 0 Å². The van der Waals surface area contributed by atoms with E-state index in [1.54, 1.807) is 4.90 Å². The third-order valence-corrected chi connectivity index (χ3v) is 4.11. The van der Waals surface area contributed by atoms with Gasteiger partial charge in [-0.15, -0.1) is 0 Å². The smallest absolute Gasteiger partial charge is 0.246 e. The van der Waals surface area contributed by atoms with Crippen molar-refractivity contribution in [2.24, 2.45) is 5.92 Å². The summed E-state index contributed by atoms with van der Waals surface area (Å²) in [6.45, 7) is 6.34. The lowest BCUT2D eigenvalue weighted by Gasteiger charge is -2.20. The van der Waals surface area contributed by atoms with Crippen LogP contribution in [-0.4, -0.2) is 23.5 Å². The summed E-state index contributed by atoms with van der Waals surface area (Å²) in [5.41, 5.74) is 0. The Morgan fingerprint density at radius 3 is 2.59 bits per heavy atom. The molecule has 1 aliphatic heterocycles. The van der Waals surface area contributed by atoms with Crippen LogP contribution in [0, 0.1) is 5.92 Å². The van der Waals surface area contributed by atoms with E-state index in [2.05, 4.69) is 5.10 Å². The van der Waals surface area contributed by atoms with Crippen molar-refractivity contribution >= 4 is 28.3 Å². The molecule has 1 aromatic heterocycles. The second kappa shape index (κ2) is 4.52. The quantitative estimate of drug-likeness (QED) is 0.598. The maximum atomic E-state index is 12.1. The summed E-state index contributed by atoms with van der Waals surface area (Å²) in [6.07, 6.45) is 1.31. The normalized spacial score (nSPS) is 19.7. The molecule has 1 amide bonds. The number of hydrogen-bond donors (Lipinski definition) is 0. The SMILES string of the molecule is CCc1n[n+]2c(s1)N(CC)C(=O)C(CC)C2=O. The third-order valence-electron chi connectivity index (χ3n) is 2.93. The van der Waals surface area contributed by atoms with Crippen molar-refractivity contribution in [1.29, 1.82) is 0 Å². The molecule has 92 valence electrons. The summed E-state index contributed by atoms with van der Waals surface area (Å²) in [4.78, 5) is 25.9. The lowest BCUT2D eigenvalue weighted by molar-refractivity contribution is -0.624. The van der Waals surface area contributed by atoms with Crippen molar-refractivity contribution in [2.45, 2.75) is 33.6 Å². The van der Waals surface area contributed by atoms with Crippen LogP contribution in [-0.2, 0) is 11.2 Å². The predicted octanol–water partition coefficient (Wildman–Crippen LogP) is 1.03. The van der Waals surface area contributed by atoms with Crippen molar-refractivity contribution in [3.8, 4) is 0 Å². The molecule has 0 bridgehead atoms.